The summed E-state index contributed by atoms with van der Waals surface area (Å²) in [7, 11) is 0. The van der Waals surface area contributed by atoms with Crippen molar-refractivity contribution in [1.29, 1.82) is 0 Å². The quantitative estimate of drug-likeness (QED) is 0.801. The third-order valence-corrected chi connectivity index (χ3v) is 3.69. The summed E-state index contributed by atoms with van der Waals surface area (Å²) >= 11 is 0. The minimum absolute atomic E-state index is 0.389. The van der Waals surface area contributed by atoms with Crippen LogP contribution < -0.4 is 10.2 Å². The third kappa shape index (κ3) is 2.49. The molecule has 2 aliphatic heterocycles. The lowest BCUT2D eigenvalue weighted by atomic mass is 10.0. The first-order valence-corrected chi connectivity index (χ1v) is 6.81. The Bertz CT molecular complexity index is 388. The van der Waals surface area contributed by atoms with Crippen LogP contribution in [0.1, 0.15) is 31.5 Å². The lowest BCUT2D eigenvalue weighted by Crippen LogP contribution is -2.49. The molecule has 0 amide bonds. The van der Waals surface area contributed by atoms with Crippen molar-refractivity contribution in [3.8, 4) is 0 Å². The molecule has 0 spiro atoms. The predicted molar refractivity (Wildman–Crippen MR) is 68.9 cm³/mol. The molecular weight excluding hydrogens is 230 g/mol. The summed E-state index contributed by atoms with van der Waals surface area (Å²) < 4.78 is 5.50. The van der Waals surface area contributed by atoms with Crippen LogP contribution in [0.4, 0.5) is 5.95 Å². The van der Waals surface area contributed by atoms with Crippen molar-refractivity contribution in [2.24, 2.45) is 0 Å². The van der Waals surface area contributed by atoms with E-state index in [1.165, 1.54) is 0 Å². The van der Waals surface area contributed by atoms with Crippen molar-refractivity contribution in [2.75, 3.05) is 37.7 Å². The van der Waals surface area contributed by atoms with E-state index in [0.717, 1.165) is 57.5 Å². The fourth-order valence-electron chi connectivity index (χ4n) is 2.66. The fourth-order valence-corrected chi connectivity index (χ4v) is 2.66. The first-order chi connectivity index (χ1) is 8.83. The third-order valence-electron chi connectivity index (χ3n) is 3.69. The summed E-state index contributed by atoms with van der Waals surface area (Å²) in [6, 6.07) is 0.499. The Morgan fingerprint density at radius 1 is 1.44 bits per heavy atom. The van der Waals surface area contributed by atoms with Gasteiger partial charge in [-0.25, -0.2) is 0 Å². The largest absolute Gasteiger partial charge is 0.381 e. The first kappa shape index (κ1) is 11.9. The van der Waals surface area contributed by atoms with E-state index in [9.17, 15) is 0 Å². The predicted octanol–water partition coefficient (Wildman–Crippen LogP) is 0.497. The maximum atomic E-state index is 5.50. The molecule has 2 fully saturated rings. The molecule has 0 aromatic carbocycles. The molecule has 0 radical (unpaired) electrons. The molecule has 6 heteroatoms. The molecule has 3 rings (SSSR count). The number of H-pyrrole nitrogens is 1. The minimum Gasteiger partial charge on any atom is -0.381 e. The van der Waals surface area contributed by atoms with E-state index in [1.54, 1.807) is 0 Å². The summed E-state index contributed by atoms with van der Waals surface area (Å²) in [5.74, 6) is 2.21. The van der Waals surface area contributed by atoms with Crippen molar-refractivity contribution in [1.82, 2.24) is 20.5 Å². The molecule has 100 valence electrons. The summed E-state index contributed by atoms with van der Waals surface area (Å²) in [6.45, 7) is 6.78. The summed E-state index contributed by atoms with van der Waals surface area (Å²) in [4.78, 5) is 6.88. The maximum Gasteiger partial charge on any atom is 0.244 e. The van der Waals surface area contributed by atoms with Crippen LogP contribution in [0.3, 0.4) is 0 Å². The van der Waals surface area contributed by atoms with E-state index in [4.69, 9.17) is 4.74 Å². The molecule has 18 heavy (non-hydrogen) atoms. The van der Waals surface area contributed by atoms with Crippen LogP contribution in [-0.4, -0.2) is 54.1 Å². The van der Waals surface area contributed by atoms with Crippen LogP contribution in [0.5, 0.6) is 0 Å². The molecule has 2 N–H and O–H groups in total. The number of ether oxygens (including phenoxy) is 1. The number of nitrogens with one attached hydrogen (secondary N) is 2. The average molecular weight is 251 g/mol. The standard InChI is InChI=1S/C12H21N5O/c1-9-7-17(5-4-13-9)12-14-11(15-16-12)10-3-2-6-18-8-10/h9-10,13H,2-8H2,1H3,(H,14,15,16)/t9-,10?/m1/s1. The molecule has 0 saturated carbocycles. The Kier molecular flexibility index (Phi) is 3.47. The van der Waals surface area contributed by atoms with Gasteiger partial charge in [-0.3, -0.25) is 5.10 Å². The van der Waals surface area contributed by atoms with Gasteiger partial charge in [0.05, 0.1) is 6.61 Å². The highest BCUT2D eigenvalue weighted by atomic mass is 16.5. The number of hydrogen-bond acceptors (Lipinski definition) is 5. The average Bonchev–Trinajstić information content (AvgIpc) is 2.89. The van der Waals surface area contributed by atoms with Gasteiger partial charge in [0.25, 0.3) is 0 Å². The zero-order chi connectivity index (χ0) is 12.4. The highest BCUT2D eigenvalue weighted by molar-refractivity contribution is 5.30. The lowest BCUT2D eigenvalue weighted by Gasteiger charge is -2.30. The van der Waals surface area contributed by atoms with E-state index in [-0.39, 0.29) is 0 Å². The SMILES string of the molecule is C[C@@H]1CN(c2n[nH]c(C3CCCOC3)n2)CCN1. The normalized spacial score (nSPS) is 29.5. The van der Waals surface area contributed by atoms with Crippen molar-refractivity contribution in [3.63, 3.8) is 0 Å². The summed E-state index contributed by atoms with van der Waals surface area (Å²) in [5, 5.41) is 10.9. The smallest absolute Gasteiger partial charge is 0.244 e. The van der Waals surface area contributed by atoms with Crippen molar-refractivity contribution < 1.29 is 4.74 Å². The topological polar surface area (TPSA) is 66.1 Å². The highest BCUT2D eigenvalue weighted by Crippen LogP contribution is 2.23. The van der Waals surface area contributed by atoms with Gasteiger partial charge in [0.2, 0.25) is 5.95 Å². The number of nitrogens with zero attached hydrogens (tertiary/aromatic N) is 3. The monoisotopic (exact) mass is 251 g/mol. The van der Waals surface area contributed by atoms with Crippen molar-refractivity contribution >= 4 is 5.95 Å². The molecule has 2 aliphatic rings. The molecule has 2 saturated heterocycles. The van der Waals surface area contributed by atoms with E-state index in [1.807, 2.05) is 0 Å². The fraction of sp³-hybridized carbons (Fsp3) is 0.833. The molecular formula is C12H21N5O. The number of rotatable bonds is 2. The van der Waals surface area contributed by atoms with E-state index in [0.29, 0.717) is 12.0 Å². The van der Waals surface area contributed by atoms with Crippen LogP contribution in [0.15, 0.2) is 0 Å². The van der Waals surface area contributed by atoms with Crippen LogP contribution >= 0.6 is 0 Å². The molecule has 3 heterocycles. The van der Waals surface area contributed by atoms with Crippen molar-refractivity contribution in [2.45, 2.75) is 31.7 Å². The second-order valence-electron chi connectivity index (χ2n) is 5.24. The van der Waals surface area contributed by atoms with Gasteiger partial charge in [0, 0.05) is 38.2 Å². The maximum absolute atomic E-state index is 5.50. The number of anilines is 1. The van der Waals surface area contributed by atoms with Gasteiger partial charge in [-0.05, 0) is 19.8 Å². The Morgan fingerprint density at radius 3 is 3.17 bits per heavy atom. The van der Waals surface area contributed by atoms with Crippen LogP contribution in [-0.2, 0) is 4.74 Å². The number of hydrogen-bond donors (Lipinski definition) is 2. The Balaban J connectivity index is 1.68. The van der Waals surface area contributed by atoms with E-state index >= 15 is 0 Å². The number of aromatic nitrogens is 3. The van der Waals surface area contributed by atoms with Gasteiger partial charge in [0.1, 0.15) is 5.82 Å². The Morgan fingerprint density at radius 2 is 2.39 bits per heavy atom. The van der Waals surface area contributed by atoms with Gasteiger partial charge >= 0.3 is 0 Å². The Labute approximate surface area is 107 Å². The number of aromatic amines is 1. The zero-order valence-electron chi connectivity index (χ0n) is 10.9. The van der Waals surface area contributed by atoms with Crippen LogP contribution in [0.25, 0.3) is 0 Å². The van der Waals surface area contributed by atoms with Crippen LogP contribution in [0, 0.1) is 0 Å². The van der Waals surface area contributed by atoms with Gasteiger partial charge < -0.3 is 15.0 Å². The minimum atomic E-state index is 0.389. The molecule has 1 unspecified atom stereocenters. The van der Waals surface area contributed by atoms with Gasteiger partial charge in [-0.1, -0.05) is 0 Å². The molecule has 0 bridgehead atoms. The Hall–Kier alpha value is -1.14. The molecule has 6 nitrogen and oxygen atoms in total. The second kappa shape index (κ2) is 5.24. The van der Waals surface area contributed by atoms with Gasteiger partial charge in [-0.2, -0.15) is 4.98 Å². The zero-order valence-corrected chi connectivity index (χ0v) is 10.9. The molecule has 2 atom stereocenters. The lowest BCUT2D eigenvalue weighted by molar-refractivity contribution is 0.0781. The van der Waals surface area contributed by atoms with E-state index in [2.05, 4.69) is 32.3 Å². The molecule has 1 aromatic heterocycles. The van der Waals surface area contributed by atoms with Crippen LogP contribution in [0.2, 0.25) is 0 Å². The first-order valence-electron chi connectivity index (χ1n) is 6.81. The summed E-state index contributed by atoms with van der Waals surface area (Å²) in [5.41, 5.74) is 0. The second-order valence-corrected chi connectivity index (χ2v) is 5.24. The molecule has 1 aromatic rings. The highest BCUT2D eigenvalue weighted by Gasteiger charge is 2.23. The van der Waals surface area contributed by atoms with Gasteiger partial charge in [-0.15, -0.1) is 5.10 Å². The number of piperazine rings is 1. The van der Waals surface area contributed by atoms with E-state index < -0.39 is 0 Å². The van der Waals surface area contributed by atoms with Gasteiger partial charge in [0.15, 0.2) is 0 Å². The molecule has 0 aliphatic carbocycles. The van der Waals surface area contributed by atoms with Crippen molar-refractivity contribution in [3.05, 3.63) is 5.82 Å². The summed E-state index contributed by atoms with van der Waals surface area (Å²) in [6.07, 6.45) is 2.26.